The molecule has 3 N–H and O–H groups in total. The molecule has 1 aromatic heterocycles. The minimum absolute atomic E-state index is 0.250. The number of aliphatic hydroxyl groups is 1. The van der Waals surface area contributed by atoms with Crippen LogP contribution in [0, 0.1) is 13.8 Å². The van der Waals surface area contributed by atoms with Gasteiger partial charge in [0, 0.05) is 21.4 Å². The smallest absolute Gasteiger partial charge is 0.355 e. The van der Waals surface area contributed by atoms with Crippen LogP contribution in [0.1, 0.15) is 40.3 Å². The second-order valence-corrected chi connectivity index (χ2v) is 6.39. The van der Waals surface area contributed by atoms with Crippen molar-refractivity contribution in [3.8, 4) is 0 Å². The first-order valence-electron chi connectivity index (χ1n) is 7.39. The summed E-state index contributed by atoms with van der Waals surface area (Å²) in [6, 6.07) is 7.06. The van der Waals surface area contributed by atoms with Crippen LogP contribution in [0.25, 0.3) is 0 Å². The number of esters is 1. The van der Waals surface area contributed by atoms with Crippen molar-refractivity contribution in [1.82, 2.24) is 4.98 Å². The molecule has 2 rings (SSSR count). The normalized spacial score (nSPS) is 11.9. The fourth-order valence-electron chi connectivity index (χ4n) is 2.53. The van der Waals surface area contributed by atoms with Gasteiger partial charge in [0.1, 0.15) is 5.69 Å². The van der Waals surface area contributed by atoms with Crippen molar-refractivity contribution in [2.75, 3.05) is 11.9 Å². The number of H-pyrrole nitrogens is 1. The highest BCUT2D eigenvalue weighted by Gasteiger charge is 2.21. The summed E-state index contributed by atoms with van der Waals surface area (Å²) >= 11 is 3.31. The lowest BCUT2D eigenvalue weighted by atomic mass is 10.1. The van der Waals surface area contributed by atoms with Gasteiger partial charge in [-0.25, -0.2) is 4.79 Å². The highest BCUT2D eigenvalue weighted by atomic mass is 79.9. The number of benzene rings is 1. The van der Waals surface area contributed by atoms with E-state index in [4.69, 9.17) is 4.74 Å². The standard InChI is InChI=1S/C17H19BrN2O4/c1-9-15(11(3)21)10(2)19-16(9)17(23)24-8-14(22)20-13-6-4-12(18)5-7-13/h4-7,11,19,21H,8H2,1-3H3,(H,20,22)/t11-/m0/s1. The number of aryl methyl sites for hydroxylation is 1. The van der Waals surface area contributed by atoms with Crippen LogP contribution in [0.2, 0.25) is 0 Å². The Morgan fingerprint density at radius 2 is 1.92 bits per heavy atom. The number of hydrogen-bond acceptors (Lipinski definition) is 4. The molecule has 0 spiro atoms. The Bertz CT molecular complexity index is 751. The number of anilines is 1. The van der Waals surface area contributed by atoms with E-state index in [-0.39, 0.29) is 5.69 Å². The summed E-state index contributed by atoms with van der Waals surface area (Å²) in [6.07, 6.45) is -0.691. The molecule has 0 unspecified atom stereocenters. The number of halogens is 1. The zero-order chi connectivity index (χ0) is 17.9. The molecule has 1 aromatic carbocycles. The maximum Gasteiger partial charge on any atom is 0.355 e. The highest BCUT2D eigenvalue weighted by Crippen LogP contribution is 2.24. The van der Waals surface area contributed by atoms with Crippen LogP contribution in [0.3, 0.4) is 0 Å². The van der Waals surface area contributed by atoms with Crippen molar-refractivity contribution >= 4 is 33.5 Å². The number of nitrogens with one attached hydrogen (secondary N) is 2. The molecule has 1 atom stereocenters. The molecule has 24 heavy (non-hydrogen) atoms. The first kappa shape index (κ1) is 18.2. The van der Waals surface area contributed by atoms with E-state index in [2.05, 4.69) is 26.2 Å². The van der Waals surface area contributed by atoms with Crippen molar-refractivity contribution in [2.24, 2.45) is 0 Å². The van der Waals surface area contributed by atoms with E-state index in [1.165, 1.54) is 0 Å². The number of carbonyl (C=O) groups excluding carboxylic acids is 2. The summed E-state index contributed by atoms with van der Waals surface area (Å²) in [5.41, 5.74) is 2.86. The lowest BCUT2D eigenvalue weighted by Crippen LogP contribution is -2.21. The summed E-state index contributed by atoms with van der Waals surface area (Å²) < 4.78 is 5.94. The van der Waals surface area contributed by atoms with Crippen LogP contribution < -0.4 is 5.32 Å². The van der Waals surface area contributed by atoms with Gasteiger partial charge >= 0.3 is 5.97 Å². The molecule has 0 saturated carbocycles. The molecule has 7 heteroatoms. The third-order valence-corrected chi connectivity index (χ3v) is 4.11. The fraction of sp³-hybridized carbons (Fsp3) is 0.294. The van der Waals surface area contributed by atoms with Gasteiger partial charge in [0.2, 0.25) is 0 Å². The SMILES string of the molecule is Cc1[nH]c(C(=O)OCC(=O)Nc2ccc(Br)cc2)c(C)c1[C@H](C)O. The molecule has 128 valence electrons. The second-order valence-electron chi connectivity index (χ2n) is 5.47. The lowest BCUT2D eigenvalue weighted by Gasteiger charge is -2.07. The van der Waals surface area contributed by atoms with Crippen LogP contribution in [0.5, 0.6) is 0 Å². The third-order valence-electron chi connectivity index (χ3n) is 3.58. The minimum Gasteiger partial charge on any atom is -0.451 e. The quantitative estimate of drug-likeness (QED) is 0.678. The van der Waals surface area contributed by atoms with Gasteiger partial charge in [-0.15, -0.1) is 0 Å². The number of rotatable bonds is 5. The fourth-order valence-corrected chi connectivity index (χ4v) is 2.79. The van der Waals surface area contributed by atoms with E-state index in [9.17, 15) is 14.7 Å². The van der Waals surface area contributed by atoms with E-state index in [0.29, 0.717) is 22.5 Å². The molecule has 0 aliphatic carbocycles. The molecule has 0 fully saturated rings. The van der Waals surface area contributed by atoms with Crippen LogP contribution in [0.4, 0.5) is 5.69 Å². The maximum atomic E-state index is 12.1. The summed E-state index contributed by atoms with van der Waals surface area (Å²) in [5, 5.41) is 12.4. The zero-order valence-electron chi connectivity index (χ0n) is 13.6. The summed E-state index contributed by atoms with van der Waals surface area (Å²) in [7, 11) is 0. The van der Waals surface area contributed by atoms with E-state index < -0.39 is 24.6 Å². The summed E-state index contributed by atoms with van der Waals surface area (Å²) in [5.74, 6) is -1.06. The molecule has 0 radical (unpaired) electrons. The summed E-state index contributed by atoms with van der Waals surface area (Å²) in [6.45, 7) is 4.73. The number of aromatic nitrogens is 1. The van der Waals surface area contributed by atoms with Crippen molar-refractivity contribution < 1.29 is 19.4 Å². The van der Waals surface area contributed by atoms with Crippen LogP contribution in [-0.2, 0) is 9.53 Å². The molecule has 0 saturated heterocycles. The van der Waals surface area contributed by atoms with Crippen molar-refractivity contribution in [3.63, 3.8) is 0 Å². The van der Waals surface area contributed by atoms with Crippen molar-refractivity contribution in [2.45, 2.75) is 26.9 Å². The molecular weight excluding hydrogens is 376 g/mol. The number of aromatic amines is 1. The highest BCUT2D eigenvalue weighted by molar-refractivity contribution is 9.10. The van der Waals surface area contributed by atoms with Gasteiger partial charge in [0.15, 0.2) is 6.61 Å². The molecule has 0 aliphatic heterocycles. The predicted molar refractivity (Wildman–Crippen MR) is 94.0 cm³/mol. The Kier molecular flexibility index (Phi) is 5.80. The lowest BCUT2D eigenvalue weighted by molar-refractivity contribution is -0.119. The summed E-state index contributed by atoms with van der Waals surface area (Å²) in [4.78, 5) is 26.9. The van der Waals surface area contributed by atoms with E-state index in [1.54, 1.807) is 45.0 Å². The molecule has 0 aliphatic rings. The van der Waals surface area contributed by atoms with Gasteiger partial charge in [-0.1, -0.05) is 15.9 Å². The topological polar surface area (TPSA) is 91.4 Å². The molecule has 1 amide bonds. The van der Waals surface area contributed by atoms with Gasteiger partial charge in [0.05, 0.1) is 6.10 Å². The molecular formula is C17H19BrN2O4. The molecule has 2 aromatic rings. The minimum atomic E-state index is -0.691. The number of hydrogen-bond donors (Lipinski definition) is 3. The van der Waals surface area contributed by atoms with Gasteiger partial charge in [0.25, 0.3) is 5.91 Å². The van der Waals surface area contributed by atoms with Crippen LogP contribution in [-0.4, -0.2) is 28.6 Å². The molecule has 1 heterocycles. The Hall–Kier alpha value is -2.12. The molecule has 0 bridgehead atoms. The first-order valence-corrected chi connectivity index (χ1v) is 8.18. The van der Waals surface area contributed by atoms with Crippen molar-refractivity contribution in [3.05, 3.63) is 51.3 Å². The number of ether oxygens (including phenoxy) is 1. The average molecular weight is 395 g/mol. The van der Waals surface area contributed by atoms with E-state index in [1.807, 2.05) is 0 Å². The zero-order valence-corrected chi connectivity index (χ0v) is 15.2. The van der Waals surface area contributed by atoms with E-state index in [0.717, 1.165) is 4.47 Å². The molecule has 6 nitrogen and oxygen atoms in total. The predicted octanol–water partition coefficient (Wildman–Crippen LogP) is 3.24. The number of aliphatic hydroxyl groups excluding tert-OH is 1. The first-order chi connectivity index (χ1) is 11.3. The third kappa shape index (κ3) is 4.24. The average Bonchev–Trinajstić information content (AvgIpc) is 2.82. The van der Waals surface area contributed by atoms with Crippen LogP contribution in [0.15, 0.2) is 28.7 Å². The Morgan fingerprint density at radius 3 is 2.46 bits per heavy atom. The Labute approximate surface area is 148 Å². The second kappa shape index (κ2) is 7.63. The maximum absolute atomic E-state index is 12.1. The Balaban J connectivity index is 1.97. The van der Waals surface area contributed by atoms with Crippen LogP contribution >= 0.6 is 15.9 Å². The largest absolute Gasteiger partial charge is 0.451 e. The van der Waals surface area contributed by atoms with E-state index >= 15 is 0 Å². The van der Waals surface area contributed by atoms with Gasteiger partial charge in [-0.3, -0.25) is 4.79 Å². The van der Waals surface area contributed by atoms with Gasteiger partial charge in [-0.2, -0.15) is 0 Å². The van der Waals surface area contributed by atoms with Crippen molar-refractivity contribution in [1.29, 1.82) is 0 Å². The monoisotopic (exact) mass is 394 g/mol. The Morgan fingerprint density at radius 1 is 1.29 bits per heavy atom. The van der Waals surface area contributed by atoms with Gasteiger partial charge in [-0.05, 0) is 50.6 Å². The number of carbonyl (C=O) groups is 2. The number of amides is 1. The van der Waals surface area contributed by atoms with Gasteiger partial charge < -0.3 is 20.1 Å².